The van der Waals surface area contributed by atoms with E-state index in [-0.39, 0.29) is 0 Å². The van der Waals surface area contributed by atoms with Gasteiger partial charge in [-0.05, 0) is 23.8 Å². The van der Waals surface area contributed by atoms with Crippen molar-refractivity contribution in [3.05, 3.63) is 17.0 Å². The predicted octanol–water partition coefficient (Wildman–Crippen LogP) is 3.11. The molecule has 0 aromatic carbocycles. The molecule has 3 heteroatoms. The zero-order valence-electron chi connectivity index (χ0n) is 9.96. The monoisotopic (exact) mass is 205 g/mol. The van der Waals surface area contributed by atoms with E-state index in [1.807, 2.05) is 0 Å². The van der Waals surface area contributed by atoms with Crippen LogP contribution in [-0.2, 0) is 6.42 Å². The maximum Gasteiger partial charge on any atom is 0.0682 e. The molecule has 0 radical (unpaired) electrons. The van der Waals surface area contributed by atoms with Gasteiger partial charge in [-0.25, -0.2) is 0 Å². The molecule has 0 saturated heterocycles. The number of aromatic nitrogens is 2. The van der Waals surface area contributed by atoms with Crippen LogP contribution in [-0.4, -0.2) is 10.2 Å². The molecule has 1 N–H and O–H groups in total. The molecule has 1 rings (SSSR count). The molecule has 0 fully saturated rings. The number of aromatic amines is 1. The van der Waals surface area contributed by atoms with Crippen molar-refractivity contribution >= 4 is 0 Å². The zero-order chi connectivity index (χ0) is 11.4. The molecule has 1 aromatic rings. The van der Waals surface area contributed by atoms with Gasteiger partial charge in [-0.1, -0.05) is 27.7 Å². The Morgan fingerprint density at radius 2 is 1.93 bits per heavy atom. The molecule has 0 amide bonds. The quantitative estimate of drug-likeness (QED) is 0.821. The molecule has 0 bridgehead atoms. The SMILES string of the molecule is CC(C)c1n[nH]c(C(C)C)c1CCC#N. The van der Waals surface area contributed by atoms with E-state index in [4.69, 9.17) is 5.26 Å². The van der Waals surface area contributed by atoms with E-state index in [1.54, 1.807) is 0 Å². The van der Waals surface area contributed by atoms with E-state index < -0.39 is 0 Å². The summed E-state index contributed by atoms with van der Waals surface area (Å²) in [5.41, 5.74) is 3.56. The van der Waals surface area contributed by atoms with Crippen molar-refractivity contribution in [2.45, 2.75) is 52.4 Å². The Morgan fingerprint density at radius 1 is 1.27 bits per heavy atom. The molecular weight excluding hydrogens is 186 g/mol. The molecule has 0 atom stereocenters. The van der Waals surface area contributed by atoms with E-state index in [9.17, 15) is 0 Å². The van der Waals surface area contributed by atoms with Crippen LogP contribution in [0.15, 0.2) is 0 Å². The van der Waals surface area contributed by atoms with Crippen molar-refractivity contribution in [1.82, 2.24) is 10.2 Å². The van der Waals surface area contributed by atoms with Gasteiger partial charge < -0.3 is 0 Å². The fourth-order valence-corrected chi connectivity index (χ4v) is 1.79. The summed E-state index contributed by atoms with van der Waals surface area (Å²) >= 11 is 0. The lowest BCUT2D eigenvalue weighted by atomic mass is 9.96. The number of hydrogen-bond acceptors (Lipinski definition) is 2. The molecule has 0 unspecified atom stereocenters. The van der Waals surface area contributed by atoms with Crippen molar-refractivity contribution in [2.75, 3.05) is 0 Å². The van der Waals surface area contributed by atoms with Gasteiger partial charge in [0.25, 0.3) is 0 Å². The first-order valence-electron chi connectivity index (χ1n) is 5.51. The van der Waals surface area contributed by atoms with Gasteiger partial charge in [-0.3, -0.25) is 5.10 Å². The van der Waals surface area contributed by atoms with Crippen molar-refractivity contribution in [2.24, 2.45) is 0 Å². The molecule has 0 saturated carbocycles. The maximum atomic E-state index is 8.64. The van der Waals surface area contributed by atoms with E-state index >= 15 is 0 Å². The first-order valence-corrected chi connectivity index (χ1v) is 5.51. The largest absolute Gasteiger partial charge is 0.282 e. The predicted molar refractivity (Wildman–Crippen MR) is 60.7 cm³/mol. The number of nitriles is 1. The highest BCUT2D eigenvalue weighted by atomic mass is 15.1. The number of nitrogens with zero attached hydrogens (tertiary/aromatic N) is 2. The van der Waals surface area contributed by atoms with E-state index in [2.05, 4.69) is 44.0 Å². The van der Waals surface area contributed by atoms with Crippen LogP contribution < -0.4 is 0 Å². The minimum Gasteiger partial charge on any atom is -0.282 e. The number of rotatable bonds is 4. The second-order valence-corrected chi connectivity index (χ2v) is 4.47. The summed E-state index contributed by atoms with van der Waals surface area (Å²) in [7, 11) is 0. The lowest BCUT2D eigenvalue weighted by Crippen LogP contribution is -1.98. The number of H-pyrrole nitrogens is 1. The number of nitrogens with one attached hydrogen (secondary N) is 1. The summed E-state index contributed by atoms with van der Waals surface area (Å²) in [5, 5.41) is 16.1. The Balaban J connectivity index is 3.04. The van der Waals surface area contributed by atoms with E-state index in [1.165, 1.54) is 11.3 Å². The van der Waals surface area contributed by atoms with Crippen LogP contribution in [0.2, 0.25) is 0 Å². The lowest BCUT2D eigenvalue weighted by Gasteiger charge is -2.08. The van der Waals surface area contributed by atoms with Gasteiger partial charge >= 0.3 is 0 Å². The highest BCUT2D eigenvalue weighted by Gasteiger charge is 2.17. The smallest absolute Gasteiger partial charge is 0.0682 e. The van der Waals surface area contributed by atoms with Gasteiger partial charge in [0.2, 0.25) is 0 Å². The fraction of sp³-hybridized carbons (Fsp3) is 0.667. The van der Waals surface area contributed by atoms with Crippen LogP contribution in [0.5, 0.6) is 0 Å². The highest BCUT2D eigenvalue weighted by Crippen LogP contribution is 2.25. The van der Waals surface area contributed by atoms with E-state index in [0.717, 1.165) is 12.1 Å². The third-order valence-corrected chi connectivity index (χ3v) is 2.54. The second kappa shape index (κ2) is 4.97. The van der Waals surface area contributed by atoms with Gasteiger partial charge in [-0.15, -0.1) is 0 Å². The molecular formula is C12H19N3. The Morgan fingerprint density at radius 3 is 2.40 bits per heavy atom. The van der Waals surface area contributed by atoms with Gasteiger partial charge in [0.1, 0.15) is 0 Å². The summed E-state index contributed by atoms with van der Waals surface area (Å²) in [5.74, 6) is 0.862. The van der Waals surface area contributed by atoms with Crippen LogP contribution in [0, 0.1) is 11.3 Å². The molecule has 0 aliphatic heterocycles. The first kappa shape index (κ1) is 11.8. The lowest BCUT2D eigenvalue weighted by molar-refractivity contribution is 0.791. The molecule has 0 aliphatic rings. The summed E-state index contributed by atoms with van der Waals surface area (Å²) in [4.78, 5) is 0. The molecule has 0 spiro atoms. The summed E-state index contributed by atoms with van der Waals surface area (Å²) in [6, 6.07) is 2.20. The topological polar surface area (TPSA) is 52.5 Å². The molecule has 0 aliphatic carbocycles. The fourth-order valence-electron chi connectivity index (χ4n) is 1.79. The second-order valence-electron chi connectivity index (χ2n) is 4.47. The molecule has 82 valence electrons. The average molecular weight is 205 g/mol. The normalized spacial score (nSPS) is 11.0. The third kappa shape index (κ3) is 2.59. The van der Waals surface area contributed by atoms with Crippen molar-refractivity contribution in [3.8, 4) is 6.07 Å². The van der Waals surface area contributed by atoms with Crippen LogP contribution in [0.4, 0.5) is 0 Å². The first-order chi connectivity index (χ1) is 7.07. The van der Waals surface area contributed by atoms with Gasteiger partial charge in [0.15, 0.2) is 0 Å². The van der Waals surface area contributed by atoms with Gasteiger partial charge in [-0.2, -0.15) is 10.4 Å². The Hall–Kier alpha value is -1.30. The van der Waals surface area contributed by atoms with Crippen molar-refractivity contribution < 1.29 is 0 Å². The highest BCUT2D eigenvalue weighted by molar-refractivity contribution is 5.30. The van der Waals surface area contributed by atoms with Gasteiger partial charge in [0.05, 0.1) is 11.8 Å². The Bertz CT molecular complexity index is 330. The van der Waals surface area contributed by atoms with Crippen molar-refractivity contribution in [1.29, 1.82) is 5.26 Å². The molecule has 15 heavy (non-hydrogen) atoms. The molecule has 1 aromatic heterocycles. The van der Waals surface area contributed by atoms with Crippen LogP contribution in [0.3, 0.4) is 0 Å². The van der Waals surface area contributed by atoms with Crippen LogP contribution in [0.25, 0.3) is 0 Å². The molecule has 1 heterocycles. The third-order valence-electron chi connectivity index (χ3n) is 2.54. The standard InChI is InChI=1S/C12H19N3/c1-8(2)11-10(6-5-7-13)12(9(3)4)15-14-11/h8-9H,5-6H2,1-4H3,(H,14,15). The summed E-state index contributed by atoms with van der Waals surface area (Å²) in [6.45, 7) is 8.56. The van der Waals surface area contributed by atoms with Crippen LogP contribution in [0.1, 0.15) is 62.9 Å². The summed E-state index contributed by atoms with van der Waals surface area (Å²) < 4.78 is 0. The van der Waals surface area contributed by atoms with Crippen molar-refractivity contribution in [3.63, 3.8) is 0 Å². The molecule has 3 nitrogen and oxygen atoms in total. The van der Waals surface area contributed by atoms with E-state index in [0.29, 0.717) is 18.3 Å². The minimum absolute atomic E-state index is 0.419. The number of hydrogen-bond donors (Lipinski definition) is 1. The zero-order valence-corrected chi connectivity index (χ0v) is 9.96. The summed E-state index contributed by atoms with van der Waals surface area (Å²) in [6.07, 6.45) is 1.38. The van der Waals surface area contributed by atoms with Gasteiger partial charge in [0, 0.05) is 12.1 Å². The Kier molecular flexibility index (Phi) is 3.90. The van der Waals surface area contributed by atoms with Crippen LogP contribution >= 0.6 is 0 Å². The minimum atomic E-state index is 0.419. The Labute approximate surface area is 91.5 Å². The maximum absolute atomic E-state index is 8.64. The average Bonchev–Trinajstić information content (AvgIpc) is 2.57.